The van der Waals surface area contributed by atoms with Gasteiger partial charge in [0.1, 0.15) is 16.8 Å². The fraction of sp³-hybridized carbons (Fsp3) is 0.208. The maximum atomic E-state index is 15.7. The van der Waals surface area contributed by atoms with Crippen LogP contribution in [0.4, 0.5) is 14.5 Å². The zero-order valence-electron chi connectivity index (χ0n) is 18.6. The molecular formula is C24H22F2N2O5S2. The molecule has 1 unspecified atom stereocenters. The van der Waals surface area contributed by atoms with Crippen LogP contribution in [0.25, 0.3) is 11.1 Å². The zero-order chi connectivity index (χ0) is 25.4. The monoisotopic (exact) mass is 520 g/mol. The normalized spacial score (nSPS) is 16.9. The maximum absolute atomic E-state index is 15.7. The molecule has 1 saturated heterocycles. The summed E-state index contributed by atoms with van der Waals surface area (Å²) in [6.07, 6.45) is 1.40. The van der Waals surface area contributed by atoms with Crippen molar-refractivity contribution in [2.75, 3.05) is 17.7 Å². The van der Waals surface area contributed by atoms with Crippen molar-refractivity contribution in [2.24, 2.45) is 0 Å². The van der Waals surface area contributed by atoms with Crippen molar-refractivity contribution in [3.63, 3.8) is 0 Å². The van der Waals surface area contributed by atoms with E-state index in [1.54, 1.807) is 30.3 Å². The van der Waals surface area contributed by atoms with Crippen molar-refractivity contribution >= 4 is 31.5 Å². The van der Waals surface area contributed by atoms with Gasteiger partial charge in [0, 0.05) is 18.4 Å². The van der Waals surface area contributed by atoms with Gasteiger partial charge in [-0.3, -0.25) is 4.79 Å². The van der Waals surface area contributed by atoms with Gasteiger partial charge in [-0.2, -0.15) is 4.72 Å². The second-order valence-electron chi connectivity index (χ2n) is 8.17. The van der Waals surface area contributed by atoms with Crippen LogP contribution in [0.5, 0.6) is 0 Å². The fourth-order valence-electron chi connectivity index (χ4n) is 4.05. The Balaban J connectivity index is 1.70. The molecule has 35 heavy (non-hydrogen) atoms. The van der Waals surface area contributed by atoms with Crippen LogP contribution < -0.4 is 9.62 Å². The van der Waals surface area contributed by atoms with Gasteiger partial charge in [-0.05, 0) is 48.7 Å². The summed E-state index contributed by atoms with van der Waals surface area (Å²) in [6.45, 7) is 0.0818. The molecule has 7 nitrogen and oxygen atoms in total. The molecule has 1 aliphatic rings. The van der Waals surface area contributed by atoms with Gasteiger partial charge in [-0.15, -0.1) is 0 Å². The highest BCUT2D eigenvalue weighted by atomic mass is 32.2. The average molecular weight is 521 g/mol. The van der Waals surface area contributed by atoms with Crippen LogP contribution >= 0.6 is 0 Å². The number of carbonyl (C=O) groups excluding carboxylic acids is 1. The molecule has 0 aliphatic carbocycles. The standard InChI is InChI=1S/C24H22F2N2O5S2/c1-34(30,31)23-19(16-6-3-2-4-7-16)13-14-21(22(23)26)28-15-5-8-20(24(28)29)27-35(32,33)18-11-9-17(25)10-12-18/h2-4,6-7,9-14,20,27H,5,8,15H2,1H3. The summed E-state index contributed by atoms with van der Waals surface area (Å²) in [7, 11) is -8.18. The Bertz CT molecular complexity index is 1480. The number of nitrogens with zero attached hydrogens (tertiary/aromatic N) is 1. The minimum atomic E-state index is -4.15. The highest BCUT2D eigenvalue weighted by Gasteiger charge is 2.35. The average Bonchev–Trinajstić information content (AvgIpc) is 2.80. The second kappa shape index (κ2) is 9.48. The number of rotatable bonds is 6. The predicted molar refractivity (Wildman–Crippen MR) is 127 cm³/mol. The van der Waals surface area contributed by atoms with Crippen molar-refractivity contribution in [3.8, 4) is 11.1 Å². The maximum Gasteiger partial charge on any atom is 0.245 e. The lowest BCUT2D eigenvalue weighted by Gasteiger charge is -2.33. The zero-order valence-corrected chi connectivity index (χ0v) is 20.2. The SMILES string of the molecule is CS(=O)(=O)c1c(-c2ccccc2)ccc(N2CCCC(NS(=O)(=O)c3ccc(F)cc3)C2=O)c1F. The first-order valence-corrected chi connectivity index (χ1v) is 14.0. The van der Waals surface area contributed by atoms with Crippen LogP contribution in [0.15, 0.2) is 76.5 Å². The molecule has 0 spiro atoms. The highest BCUT2D eigenvalue weighted by molar-refractivity contribution is 7.91. The second-order valence-corrected chi connectivity index (χ2v) is 11.8. The number of benzene rings is 3. The number of sulfonamides is 1. The van der Waals surface area contributed by atoms with Crippen LogP contribution in [-0.2, 0) is 24.7 Å². The molecule has 1 amide bonds. The van der Waals surface area contributed by atoms with E-state index in [4.69, 9.17) is 0 Å². The van der Waals surface area contributed by atoms with Gasteiger partial charge >= 0.3 is 0 Å². The lowest BCUT2D eigenvalue weighted by atomic mass is 10.0. The van der Waals surface area contributed by atoms with E-state index in [0.717, 1.165) is 35.4 Å². The van der Waals surface area contributed by atoms with Crippen molar-refractivity contribution in [2.45, 2.75) is 28.7 Å². The third kappa shape index (κ3) is 5.12. The number of hydrogen-bond donors (Lipinski definition) is 1. The molecule has 1 aliphatic heterocycles. The Morgan fingerprint density at radius 1 is 0.914 bits per heavy atom. The van der Waals surface area contributed by atoms with Gasteiger partial charge in [-0.1, -0.05) is 36.4 Å². The van der Waals surface area contributed by atoms with Crippen LogP contribution in [0.2, 0.25) is 0 Å². The summed E-state index contributed by atoms with van der Waals surface area (Å²) < 4.78 is 81.6. The molecule has 3 aromatic rings. The summed E-state index contributed by atoms with van der Waals surface area (Å²) in [4.78, 5) is 13.5. The summed E-state index contributed by atoms with van der Waals surface area (Å²) in [5.74, 6) is -2.41. The Hall–Kier alpha value is -3.15. The van der Waals surface area contributed by atoms with E-state index < -0.39 is 48.3 Å². The predicted octanol–water partition coefficient (Wildman–Crippen LogP) is 3.51. The molecule has 1 atom stereocenters. The summed E-state index contributed by atoms with van der Waals surface area (Å²) in [5, 5.41) is 0. The summed E-state index contributed by atoms with van der Waals surface area (Å²) >= 11 is 0. The van der Waals surface area contributed by atoms with Gasteiger partial charge in [-0.25, -0.2) is 25.6 Å². The van der Waals surface area contributed by atoms with E-state index in [9.17, 15) is 26.0 Å². The third-order valence-electron chi connectivity index (χ3n) is 5.68. The van der Waals surface area contributed by atoms with Gasteiger partial charge in [0.25, 0.3) is 0 Å². The molecule has 11 heteroatoms. The number of nitrogens with one attached hydrogen (secondary N) is 1. The minimum Gasteiger partial charge on any atom is -0.308 e. The third-order valence-corrected chi connectivity index (χ3v) is 8.31. The molecule has 0 saturated carbocycles. The van der Waals surface area contributed by atoms with Crippen molar-refractivity contribution in [3.05, 3.63) is 78.4 Å². The molecule has 3 aromatic carbocycles. The van der Waals surface area contributed by atoms with Gasteiger partial charge in [0.2, 0.25) is 15.9 Å². The smallest absolute Gasteiger partial charge is 0.245 e. The first-order valence-electron chi connectivity index (χ1n) is 10.7. The van der Waals surface area contributed by atoms with E-state index in [1.807, 2.05) is 0 Å². The molecule has 4 rings (SSSR count). The molecule has 184 valence electrons. The molecule has 1 N–H and O–H groups in total. The molecule has 1 fully saturated rings. The number of anilines is 1. The quantitative estimate of drug-likeness (QED) is 0.536. The Morgan fingerprint density at radius 2 is 1.57 bits per heavy atom. The van der Waals surface area contributed by atoms with E-state index in [2.05, 4.69) is 4.72 Å². The van der Waals surface area contributed by atoms with E-state index in [1.165, 1.54) is 12.1 Å². The molecule has 0 radical (unpaired) electrons. The van der Waals surface area contributed by atoms with E-state index >= 15 is 4.39 Å². The van der Waals surface area contributed by atoms with Gasteiger partial charge < -0.3 is 4.90 Å². The summed E-state index contributed by atoms with van der Waals surface area (Å²) in [6, 6.07) is 14.1. The van der Waals surface area contributed by atoms with Gasteiger partial charge in [0.05, 0.1) is 10.6 Å². The Kier molecular flexibility index (Phi) is 6.76. The highest BCUT2D eigenvalue weighted by Crippen LogP contribution is 2.36. The molecule has 0 bridgehead atoms. The number of halogens is 2. The lowest BCUT2D eigenvalue weighted by molar-refractivity contribution is -0.121. The first-order chi connectivity index (χ1) is 16.5. The number of amides is 1. The molecule has 1 heterocycles. The van der Waals surface area contributed by atoms with Crippen LogP contribution in [0.1, 0.15) is 12.8 Å². The van der Waals surface area contributed by atoms with Crippen LogP contribution in [0.3, 0.4) is 0 Å². The lowest BCUT2D eigenvalue weighted by Crippen LogP contribution is -2.52. The van der Waals surface area contributed by atoms with Crippen molar-refractivity contribution < 1.29 is 30.4 Å². The number of hydrogen-bond acceptors (Lipinski definition) is 5. The number of carbonyl (C=O) groups is 1. The van der Waals surface area contributed by atoms with Crippen LogP contribution in [-0.4, -0.2) is 41.6 Å². The molecule has 0 aromatic heterocycles. The van der Waals surface area contributed by atoms with Crippen LogP contribution in [0, 0.1) is 11.6 Å². The number of sulfone groups is 1. The van der Waals surface area contributed by atoms with Crippen molar-refractivity contribution in [1.82, 2.24) is 4.72 Å². The molecular weight excluding hydrogens is 498 g/mol. The number of piperidine rings is 1. The van der Waals surface area contributed by atoms with Crippen molar-refractivity contribution in [1.29, 1.82) is 0 Å². The van der Waals surface area contributed by atoms with E-state index in [-0.39, 0.29) is 29.1 Å². The summed E-state index contributed by atoms with van der Waals surface area (Å²) in [5.41, 5.74) is 0.404. The van der Waals surface area contributed by atoms with E-state index in [0.29, 0.717) is 12.0 Å². The largest absolute Gasteiger partial charge is 0.308 e. The topological polar surface area (TPSA) is 101 Å². The Morgan fingerprint density at radius 3 is 2.20 bits per heavy atom. The fourth-order valence-corrected chi connectivity index (χ4v) is 6.29. The first kappa shape index (κ1) is 25.0. The van der Waals surface area contributed by atoms with Gasteiger partial charge in [0.15, 0.2) is 15.7 Å². The Labute approximate surface area is 202 Å². The minimum absolute atomic E-state index is 0.0818.